The Morgan fingerprint density at radius 3 is 1.53 bits per heavy atom. The molecule has 4 saturated heterocycles. The summed E-state index contributed by atoms with van der Waals surface area (Å²) in [5.41, 5.74) is 4.95. The topological polar surface area (TPSA) is 175 Å². The number of rotatable bonds is 8. The molecule has 6 atom stereocenters. The van der Waals surface area contributed by atoms with E-state index in [2.05, 4.69) is 11.0 Å². The molecule has 4 amide bonds. The van der Waals surface area contributed by atoms with Crippen LogP contribution in [-0.4, -0.2) is 129 Å². The molecule has 4 fully saturated rings. The van der Waals surface area contributed by atoms with E-state index in [0.29, 0.717) is 50.0 Å². The molecule has 0 bridgehead atoms. The second-order valence-electron chi connectivity index (χ2n) is 13.3. The van der Waals surface area contributed by atoms with Gasteiger partial charge in [-0.2, -0.15) is 0 Å². The molecule has 14 heteroatoms. The second-order valence-corrected chi connectivity index (χ2v) is 13.3. The number of fused-ring (bicyclic) bond motifs is 2. The van der Waals surface area contributed by atoms with Crippen molar-refractivity contribution in [1.82, 2.24) is 24.8 Å². The minimum Gasteiger partial charge on any atom is -0.437 e. The summed E-state index contributed by atoms with van der Waals surface area (Å²) in [5, 5.41) is 12.4. The number of quaternary nitrogens is 1. The summed E-state index contributed by atoms with van der Waals surface area (Å²) in [5.74, 6) is -0.715. The summed E-state index contributed by atoms with van der Waals surface area (Å²) in [4.78, 5) is 82.0. The van der Waals surface area contributed by atoms with Crippen LogP contribution in [0.25, 0.3) is 0 Å². The highest BCUT2D eigenvalue weighted by atomic mass is 16.2. The first-order valence-corrected chi connectivity index (χ1v) is 17.0. The number of hydrogen-bond acceptors (Lipinski definition) is 8. The van der Waals surface area contributed by atoms with E-state index in [1.807, 2.05) is 24.3 Å². The first kappa shape index (κ1) is 35.9. The maximum atomic E-state index is 13.1. The van der Waals surface area contributed by atoms with Crippen LogP contribution < -0.4 is 11.0 Å². The van der Waals surface area contributed by atoms with Gasteiger partial charge in [0.05, 0.1) is 24.2 Å². The Balaban J connectivity index is 0.000000192. The Bertz CT molecular complexity index is 1560. The average Bonchev–Trinajstić information content (AvgIpc) is 3.74. The molecular weight excluding hydrogens is 627 g/mol. The number of amides is 4. The number of benzene rings is 2. The number of ketones is 2. The van der Waals surface area contributed by atoms with Gasteiger partial charge in [0.2, 0.25) is 5.91 Å². The average molecular weight is 674 g/mol. The summed E-state index contributed by atoms with van der Waals surface area (Å²) in [7, 11) is -0.795. The number of hydrogen-bond donors (Lipinski definition) is 3. The van der Waals surface area contributed by atoms with Gasteiger partial charge in [-0.05, 0) is 70.6 Å². The molecule has 2 aromatic carbocycles. The van der Waals surface area contributed by atoms with Crippen LogP contribution in [0.5, 0.6) is 0 Å². The monoisotopic (exact) mass is 673 g/mol. The van der Waals surface area contributed by atoms with Crippen molar-refractivity contribution in [2.75, 3.05) is 26.2 Å². The predicted molar refractivity (Wildman–Crippen MR) is 181 cm³/mol. The van der Waals surface area contributed by atoms with Gasteiger partial charge in [-0.25, -0.2) is 0 Å². The fourth-order valence-corrected chi connectivity index (χ4v) is 7.61. The maximum absolute atomic E-state index is 13.1. The van der Waals surface area contributed by atoms with Crippen LogP contribution in [0.4, 0.5) is 0 Å². The highest BCUT2D eigenvalue weighted by Gasteiger charge is 2.50. The van der Waals surface area contributed by atoms with E-state index in [0.717, 1.165) is 6.42 Å². The van der Waals surface area contributed by atoms with Crippen LogP contribution >= 0.6 is 0 Å². The molecule has 13 nitrogen and oxygen atoms in total. The highest BCUT2D eigenvalue weighted by molar-refractivity contribution is 6.45. The Morgan fingerprint density at radius 2 is 1.14 bits per heavy atom. The van der Waals surface area contributed by atoms with Crippen LogP contribution in [0.1, 0.15) is 60.2 Å². The van der Waals surface area contributed by atoms with Gasteiger partial charge in [-0.1, -0.05) is 36.4 Å². The minimum atomic E-state index is -0.795. The summed E-state index contributed by atoms with van der Waals surface area (Å²) < 4.78 is 0. The molecule has 4 aliphatic heterocycles. The maximum Gasteiger partial charge on any atom is 0.373 e. The van der Waals surface area contributed by atoms with Crippen LogP contribution in [0, 0.1) is 0 Å². The Labute approximate surface area is 286 Å². The van der Waals surface area contributed by atoms with E-state index in [-0.39, 0.29) is 59.9 Å². The molecule has 49 heavy (non-hydrogen) atoms. The van der Waals surface area contributed by atoms with Gasteiger partial charge in [0.15, 0.2) is 17.6 Å². The fourth-order valence-electron chi connectivity index (χ4n) is 7.61. The summed E-state index contributed by atoms with van der Waals surface area (Å²) in [6.07, 6.45) is 2.79. The standard InChI is InChI=1S/C18H24BN3O4.C17H21N3O3/c1-12(23)15-9-8-14-11-21(17(24)13-6-4-3-5-7-13)16(10-20-19(2)26)18(25)22(14)15;1-11(21)14-8-7-13-10-19(15(9-18)17(23)20(13)14)16(22)12-5-3-2-4-6-12/h3-7,14-16,20,26H,8-11H2,1-2H3;2-6,13-15H,7-10,18H2,1H3/p+1. The number of carbonyl (C=O) groups excluding carboxylic acids is 6. The van der Waals surface area contributed by atoms with Crippen molar-refractivity contribution in [3.8, 4) is 0 Å². The molecule has 6 rings (SSSR count). The first-order chi connectivity index (χ1) is 23.4. The van der Waals surface area contributed by atoms with Crippen molar-refractivity contribution < 1.29 is 39.5 Å². The quantitative estimate of drug-likeness (QED) is 0.325. The van der Waals surface area contributed by atoms with E-state index in [9.17, 15) is 33.8 Å². The van der Waals surface area contributed by atoms with Gasteiger partial charge in [0.1, 0.15) is 12.6 Å². The number of piperazine rings is 2. The highest BCUT2D eigenvalue weighted by Crippen LogP contribution is 2.33. The molecule has 5 N–H and O–H groups in total. The lowest BCUT2D eigenvalue weighted by atomic mass is 9.88. The molecule has 0 saturated carbocycles. The third-order valence-corrected chi connectivity index (χ3v) is 10.0. The van der Waals surface area contributed by atoms with Gasteiger partial charge < -0.3 is 35.6 Å². The zero-order valence-corrected chi connectivity index (χ0v) is 28.4. The van der Waals surface area contributed by atoms with Crippen LogP contribution in [0.15, 0.2) is 60.7 Å². The smallest absolute Gasteiger partial charge is 0.373 e. The third kappa shape index (κ3) is 7.46. The molecule has 0 aliphatic carbocycles. The van der Waals surface area contributed by atoms with E-state index in [4.69, 9.17) is 0 Å². The summed E-state index contributed by atoms with van der Waals surface area (Å²) in [6.45, 7) is 5.92. The number of nitrogens with zero attached hydrogens (tertiary/aromatic N) is 4. The zero-order chi connectivity index (χ0) is 35.4. The lowest BCUT2D eigenvalue weighted by Gasteiger charge is -2.44. The second kappa shape index (κ2) is 15.4. The van der Waals surface area contributed by atoms with Crippen LogP contribution in [0.3, 0.4) is 0 Å². The molecule has 4 heterocycles. The van der Waals surface area contributed by atoms with E-state index >= 15 is 0 Å². The molecular formula is C35H46BN6O7+. The molecule has 0 spiro atoms. The lowest BCUT2D eigenvalue weighted by Crippen LogP contribution is -2.71. The third-order valence-electron chi connectivity index (χ3n) is 10.0. The van der Waals surface area contributed by atoms with Crippen molar-refractivity contribution in [3.63, 3.8) is 0 Å². The molecule has 260 valence electrons. The number of Topliss-reactive ketones (excluding diaryl/α,β-unsaturated/α-hetero) is 2. The van der Waals surface area contributed by atoms with E-state index in [1.54, 1.807) is 62.8 Å². The largest absolute Gasteiger partial charge is 0.437 e. The van der Waals surface area contributed by atoms with E-state index < -0.39 is 25.2 Å². The fraction of sp³-hybridized carbons (Fsp3) is 0.486. The van der Waals surface area contributed by atoms with E-state index in [1.165, 1.54) is 13.8 Å². The summed E-state index contributed by atoms with van der Waals surface area (Å²) in [6, 6.07) is 15.6. The Morgan fingerprint density at radius 1 is 0.735 bits per heavy atom. The van der Waals surface area contributed by atoms with Gasteiger partial charge in [-0.15, -0.1) is 0 Å². The normalized spacial score (nSPS) is 26.1. The van der Waals surface area contributed by atoms with Crippen molar-refractivity contribution in [3.05, 3.63) is 71.8 Å². The van der Waals surface area contributed by atoms with Crippen molar-refractivity contribution in [1.29, 1.82) is 0 Å². The lowest BCUT2D eigenvalue weighted by molar-refractivity contribution is -0.375. The molecule has 2 aromatic rings. The van der Waals surface area contributed by atoms with Gasteiger partial charge in [0, 0.05) is 30.8 Å². The van der Waals surface area contributed by atoms with Crippen molar-refractivity contribution in [2.24, 2.45) is 0 Å². The van der Waals surface area contributed by atoms with Crippen LogP contribution in [0.2, 0.25) is 6.82 Å². The van der Waals surface area contributed by atoms with Crippen molar-refractivity contribution >= 4 is 42.2 Å². The number of carbonyl (C=O) groups is 6. The SMILES string of the molecule is CB(O)NCC1C(=O)N2C(CCC2C(C)=O)CN1C(=O)c1ccccc1.CC(=O)C1CCC2CN(C(=O)c3ccccc3)C(C[NH3+])C(=O)N21. The predicted octanol–water partition coefficient (Wildman–Crippen LogP) is -0.139. The molecule has 6 unspecified atom stereocenters. The van der Waals surface area contributed by atoms with Crippen LogP contribution in [-0.2, 0) is 19.2 Å². The summed E-state index contributed by atoms with van der Waals surface area (Å²) >= 11 is 0. The van der Waals surface area contributed by atoms with Gasteiger partial charge in [0.25, 0.3) is 17.7 Å². The Kier molecular flexibility index (Phi) is 11.3. The molecule has 0 aromatic heterocycles. The van der Waals surface area contributed by atoms with Gasteiger partial charge >= 0.3 is 7.05 Å². The molecule has 0 radical (unpaired) electrons. The first-order valence-electron chi connectivity index (χ1n) is 17.0. The zero-order valence-electron chi connectivity index (χ0n) is 28.4. The minimum absolute atomic E-state index is 0.0199. The Hall–Kier alpha value is -4.40. The molecule has 4 aliphatic rings. The number of nitrogens with one attached hydrogen (secondary N) is 1. The van der Waals surface area contributed by atoms with Gasteiger partial charge in [-0.3, -0.25) is 28.8 Å². The van der Waals surface area contributed by atoms with Crippen molar-refractivity contribution in [2.45, 2.75) is 82.6 Å².